The van der Waals surface area contributed by atoms with Gasteiger partial charge < -0.3 is 10.2 Å². The first kappa shape index (κ1) is 12.9. The Labute approximate surface area is 104 Å². The number of nitrogens with one attached hydrogen (secondary N) is 1. The van der Waals surface area contributed by atoms with Crippen molar-refractivity contribution in [3.05, 3.63) is 9.98 Å². The second kappa shape index (κ2) is 6.45. The zero-order valence-electron chi connectivity index (χ0n) is 9.46. The molecule has 0 aliphatic heterocycles. The fourth-order valence-corrected chi connectivity index (χ4v) is 2.38. The lowest BCUT2D eigenvalue weighted by atomic mass is 10.2. The fraction of sp³-hybridized carbons (Fsp3) is 0.700. The fourth-order valence-electron chi connectivity index (χ4n) is 1.21. The van der Waals surface area contributed by atoms with Crippen molar-refractivity contribution in [3.63, 3.8) is 0 Å². The summed E-state index contributed by atoms with van der Waals surface area (Å²) in [7, 11) is 2.16. The molecule has 0 amide bonds. The first-order valence-electron chi connectivity index (χ1n) is 5.18. The summed E-state index contributed by atoms with van der Waals surface area (Å²) < 4.78 is 0.908. The van der Waals surface area contributed by atoms with Crippen molar-refractivity contribution in [1.29, 1.82) is 0 Å². The van der Waals surface area contributed by atoms with Crippen LogP contribution in [0.15, 0.2) is 9.98 Å². The molecule has 0 spiro atoms. The monoisotopic (exact) mass is 291 g/mol. The maximum Gasteiger partial charge on any atom is 0.183 e. The van der Waals surface area contributed by atoms with Gasteiger partial charge in [0.2, 0.25) is 0 Å². The molecule has 0 aromatic carbocycles. The number of thiazole rings is 1. The normalized spacial score (nSPS) is 13.1. The highest BCUT2D eigenvalue weighted by atomic mass is 79.9. The van der Waals surface area contributed by atoms with Gasteiger partial charge in [0.1, 0.15) is 4.60 Å². The molecule has 1 aromatic rings. The van der Waals surface area contributed by atoms with E-state index in [1.54, 1.807) is 11.3 Å². The molecule has 0 radical (unpaired) electrons. The minimum Gasteiger partial charge on any atom is -0.360 e. The van der Waals surface area contributed by atoms with Gasteiger partial charge in [0.15, 0.2) is 5.13 Å². The lowest BCUT2D eigenvalue weighted by Gasteiger charge is -2.23. The Morgan fingerprint density at radius 1 is 1.67 bits per heavy atom. The maximum absolute atomic E-state index is 4.28. The number of rotatable bonds is 6. The van der Waals surface area contributed by atoms with Crippen LogP contribution in [0.3, 0.4) is 0 Å². The van der Waals surface area contributed by atoms with Crippen LogP contribution in [0.1, 0.15) is 20.3 Å². The molecule has 1 aromatic heterocycles. The van der Waals surface area contributed by atoms with Gasteiger partial charge in [-0.15, -0.1) is 11.3 Å². The van der Waals surface area contributed by atoms with Crippen LogP contribution in [0.5, 0.6) is 0 Å². The van der Waals surface area contributed by atoms with Gasteiger partial charge in [-0.05, 0) is 36.3 Å². The summed E-state index contributed by atoms with van der Waals surface area (Å²) in [6, 6.07) is 0.648. The van der Waals surface area contributed by atoms with Crippen LogP contribution in [-0.4, -0.2) is 36.1 Å². The highest BCUT2D eigenvalue weighted by Crippen LogP contribution is 2.18. The molecular formula is C10H18BrN3S. The number of aromatic nitrogens is 1. The van der Waals surface area contributed by atoms with E-state index in [2.05, 4.69) is 52.0 Å². The van der Waals surface area contributed by atoms with E-state index in [1.165, 1.54) is 6.42 Å². The third kappa shape index (κ3) is 4.49. The van der Waals surface area contributed by atoms with Gasteiger partial charge in [-0.2, -0.15) is 0 Å². The third-order valence-electron chi connectivity index (χ3n) is 2.56. The molecule has 1 heterocycles. The van der Waals surface area contributed by atoms with E-state index < -0.39 is 0 Å². The summed E-state index contributed by atoms with van der Waals surface area (Å²) in [5, 5.41) is 6.28. The Balaban J connectivity index is 2.21. The molecule has 1 rings (SSSR count). The van der Waals surface area contributed by atoms with Crippen molar-refractivity contribution in [2.45, 2.75) is 26.3 Å². The number of halogens is 1. The minimum absolute atomic E-state index is 0.648. The van der Waals surface area contributed by atoms with Gasteiger partial charge in [-0.25, -0.2) is 4.98 Å². The summed E-state index contributed by atoms with van der Waals surface area (Å²) in [5.41, 5.74) is 0. The highest BCUT2D eigenvalue weighted by Gasteiger charge is 2.06. The highest BCUT2D eigenvalue weighted by molar-refractivity contribution is 9.10. The second-order valence-corrected chi connectivity index (χ2v) is 5.31. The number of likely N-dealkylation sites (N-methyl/N-ethyl adjacent to an activating group) is 1. The first-order chi connectivity index (χ1) is 7.13. The number of anilines is 1. The van der Waals surface area contributed by atoms with E-state index in [0.717, 1.165) is 22.8 Å². The van der Waals surface area contributed by atoms with Gasteiger partial charge in [-0.3, -0.25) is 0 Å². The largest absolute Gasteiger partial charge is 0.360 e. The van der Waals surface area contributed by atoms with E-state index in [1.807, 2.05) is 5.38 Å². The predicted octanol–water partition coefficient (Wildman–Crippen LogP) is 3.05. The molecule has 3 nitrogen and oxygen atoms in total. The Morgan fingerprint density at radius 3 is 2.93 bits per heavy atom. The van der Waals surface area contributed by atoms with Crippen LogP contribution < -0.4 is 5.32 Å². The van der Waals surface area contributed by atoms with E-state index >= 15 is 0 Å². The molecular weight excluding hydrogens is 274 g/mol. The molecule has 0 saturated carbocycles. The summed E-state index contributed by atoms with van der Waals surface area (Å²) in [6.45, 7) is 6.46. The van der Waals surface area contributed by atoms with Crippen LogP contribution in [0.4, 0.5) is 5.13 Å². The molecule has 5 heteroatoms. The van der Waals surface area contributed by atoms with Gasteiger partial charge in [0.05, 0.1) is 0 Å². The number of nitrogens with zero attached hydrogens (tertiary/aromatic N) is 2. The molecule has 0 aliphatic carbocycles. The molecule has 0 saturated heterocycles. The Morgan fingerprint density at radius 2 is 2.40 bits per heavy atom. The maximum atomic E-state index is 4.28. The van der Waals surface area contributed by atoms with Crippen molar-refractivity contribution in [2.24, 2.45) is 0 Å². The summed E-state index contributed by atoms with van der Waals surface area (Å²) >= 11 is 4.96. The quantitative estimate of drug-likeness (QED) is 0.873. The SMILES string of the molecule is CCC(C)N(C)CCNc1nc(Br)cs1. The molecule has 86 valence electrons. The van der Waals surface area contributed by atoms with Crippen LogP contribution in [0.25, 0.3) is 0 Å². The molecule has 1 unspecified atom stereocenters. The lowest BCUT2D eigenvalue weighted by molar-refractivity contribution is 0.261. The summed E-state index contributed by atoms with van der Waals surface area (Å²) in [5.74, 6) is 0. The molecule has 1 atom stereocenters. The Hall–Kier alpha value is -0.130. The zero-order valence-corrected chi connectivity index (χ0v) is 11.9. The molecule has 0 aliphatic rings. The van der Waals surface area contributed by atoms with Crippen molar-refractivity contribution in [3.8, 4) is 0 Å². The predicted molar refractivity (Wildman–Crippen MR) is 70.7 cm³/mol. The second-order valence-electron chi connectivity index (χ2n) is 3.64. The molecule has 0 bridgehead atoms. The summed E-state index contributed by atoms with van der Waals surface area (Å²) in [6.07, 6.45) is 1.19. The van der Waals surface area contributed by atoms with Gasteiger partial charge in [-0.1, -0.05) is 6.92 Å². The molecule has 15 heavy (non-hydrogen) atoms. The average molecular weight is 292 g/mol. The lowest BCUT2D eigenvalue weighted by Crippen LogP contribution is -2.32. The standard InChI is InChI=1S/C10H18BrN3S/c1-4-8(2)14(3)6-5-12-10-13-9(11)7-15-10/h7-8H,4-6H2,1-3H3,(H,12,13). The zero-order chi connectivity index (χ0) is 11.3. The first-order valence-corrected chi connectivity index (χ1v) is 6.86. The number of hydrogen-bond acceptors (Lipinski definition) is 4. The van der Waals surface area contributed by atoms with Crippen LogP contribution >= 0.6 is 27.3 Å². The average Bonchev–Trinajstić information content (AvgIpc) is 2.63. The van der Waals surface area contributed by atoms with Crippen LogP contribution in [-0.2, 0) is 0 Å². The Kier molecular flexibility index (Phi) is 5.56. The van der Waals surface area contributed by atoms with E-state index in [9.17, 15) is 0 Å². The smallest absolute Gasteiger partial charge is 0.183 e. The molecule has 0 fully saturated rings. The molecule has 1 N–H and O–H groups in total. The van der Waals surface area contributed by atoms with Crippen LogP contribution in [0, 0.1) is 0 Å². The van der Waals surface area contributed by atoms with Gasteiger partial charge in [0, 0.05) is 24.5 Å². The van der Waals surface area contributed by atoms with Crippen molar-refractivity contribution in [2.75, 3.05) is 25.5 Å². The van der Waals surface area contributed by atoms with Crippen molar-refractivity contribution >= 4 is 32.4 Å². The van der Waals surface area contributed by atoms with E-state index in [-0.39, 0.29) is 0 Å². The van der Waals surface area contributed by atoms with Crippen molar-refractivity contribution < 1.29 is 0 Å². The topological polar surface area (TPSA) is 28.2 Å². The third-order valence-corrected chi connectivity index (χ3v) is 4.07. The van der Waals surface area contributed by atoms with E-state index in [0.29, 0.717) is 6.04 Å². The van der Waals surface area contributed by atoms with Gasteiger partial charge in [0.25, 0.3) is 0 Å². The number of hydrogen-bond donors (Lipinski definition) is 1. The van der Waals surface area contributed by atoms with Crippen LogP contribution in [0.2, 0.25) is 0 Å². The minimum atomic E-state index is 0.648. The Bertz CT molecular complexity index is 290. The van der Waals surface area contributed by atoms with Crippen molar-refractivity contribution in [1.82, 2.24) is 9.88 Å². The van der Waals surface area contributed by atoms with Gasteiger partial charge >= 0.3 is 0 Å². The van der Waals surface area contributed by atoms with E-state index in [4.69, 9.17) is 0 Å². The summed E-state index contributed by atoms with van der Waals surface area (Å²) in [4.78, 5) is 6.63.